The number of aromatic carboxylic acids is 1. The molecular weight excluding hydrogens is 230 g/mol. The van der Waals surface area contributed by atoms with Crippen LogP contribution in [0.3, 0.4) is 0 Å². The lowest BCUT2D eigenvalue weighted by Crippen LogP contribution is -2.27. The Hall–Kier alpha value is -1.29. The summed E-state index contributed by atoms with van der Waals surface area (Å²) in [6, 6.07) is 1.34. The summed E-state index contributed by atoms with van der Waals surface area (Å²) in [5.41, 5.74) is -0.424. The van der Waals surface area contributed by atoms with Gasteiger partial charge < -0.3 is 9.84 Å². The number of ether oxygens (including phenoxy) is 1. The standard InChI is InChI=1S/C11H14ClNO3/c1-4-11(2,3)16-9-8(12)7(10(14)15)5-6-13-9/h5-6H,4H2,1-3H3,(H,14,15). The molecule has 0 aliphatic rings. The molecule has 0 radical (unpaired) electrons. The first-order valence-electron chi connectivity index (χ1n) is 4.94. The molecule has 4 nitrogen and oxygen atoms in total. The molecule has 0 aromatic carbocycles. The maximum Gasteiger partial charge on any atom is 0.337 e. The van der Waals surface area contributed by atoms with E-state index >= 15 is 0 Å². The lowest BCUT2D eigenvalue weighted by molar-refractivity contribution is 0.0692. The fourth-order valence-corrected chi connectivity index (χ4v) is 1.23. The summed E-state index contributed by atoms with van der Waals surface area (Å²) in [6.07, 6.45) is 2.14. The maximum absolute atomic E-state index is 10.8. The molecule has 1 N–H and O–H groups in total. The fraction of sp³-hybridized carbons (Fsp3) is 0.455. The van der Waals surface area contributed by atoms with Crippen molar-refractivity contribution in [1.29, 1.82) is 0 Å². The van der Waals surface area contributed by atoms with Gasteiger partial charge in [-0.25, -0.2) is 9.78 Å². The maximum atomic E-state index is 10.8. The lowest BCUT2D eigenvalue weighted by atomic mass is 10.1. The largest absolute Gasteiger partial charge is 0.478 e. The summed E-state index contributed by atoms with van der Waals surface area (Å²) in [7, 11) is 0. The zero-order valence-corrected chi connectivity index (χ0v) is 10.2. The molecular formula is C11H14ClNO3. The fourth-order valence-electron chi connectivity index (χ4n) is 0.995. The van der Waals surface area contributed by atoms with Gasteiger partial charge in [-0.1, -0.05) is 18.5 Å². The van der Waals surface area contributed by atoms with Crippen molar-refractivity contribution in [2.45, 2.75) is 32.8 Å². The van der Waals surface area contributed by atoms with Crippen molar-refractivity contribution in [2.24, 2.45) is 0 Å². The zero-order valence-electron chi connectivity index (χ0n) is 9.45. The molecule has 0 unspecified atom stereocenters. The molecule has 5 heteroatoms. The number of pyridine rings is 1. The van der Waals surface area contributed by atoms with Crippen LogP contribution in [-0.4, -0.2) is 21.7 Å². The van der Waals surface area contributed by atoms with Gasteiger partial charge in [-0.3, -0.25) is 0 Å². The van der Waals surface area contributed by atoms with Crippen molar-refractivity contribution in [2.75, 3.05) is 0 Å². The van der Waals surface area contributed by atoms with Crippen molar-refractivity contribution in [1.82, 2.24) is 4.98 Å². The molecule has 0 saturated carbocycles. The van der Waals surface area contributed by atoms with Gasteiger partial charge >= 0.3 is 5.97 Å². The van der Waals surface area contributed by atoms with Gasteiger partial charge in [-0.05, 0) is 26.3 Å². The molecule has 1 rings (SSSR count). The van der Waals surface area contributed by atoms with E-state index in [1.807, 2.05) is 20.8 Å². The van der Waals surface area contributed by atoms with Crippen LogP contribution in [0.2, 0.25) is 5.02 Å². The van der Waals surface area contributed by atoms with E-state index in [1.54, 1.807) is 0 Å². The van der Waals surface area contributed by atoms with Gasteiger partial charge in [-0.2, -0.15) is 0 Å². The third kappa shape index (κ3) is 2.85. The lowest BCUT2D eigenvalue weighted by Gasteiger charge is -2.24. The van der Waals surface area contributed by atoms with Gasteiger partial charge in [0.15, 0.2) is 0 Å². The highest BCUT2D eigenvalue weighted by Gasteiger charge is 2.21. The molecule has 0 spiro atoms. The quantitative estimate of drug-likeness (QED) is 0.883. The average Bonchev–Trinajstić information content (AvgIpc) is 2.20. The Labute approximate surface area is 99.2 Å². The molecule has 0 atom stereocenters. The Kier molecular flexibility index (Phi) is 3.75. The van der Waals surface area contributed by atoms with Gasteiger partial charge in [0, 0.05) is 6.20 Å². The number of hydrogen-bond acceptors (Lipinski definition) is 3. The van der Waals surface area contributed by atoms with Crippen molar-refractivity contribution in [3.8, 4) is 5.88 Å². The van der Waals surface area contributed by atoms with Crippen LogP contribution in [0, 0.1) is 0 Å². The third-order valence-electron chi connectivity index (χ3n) is 2.31. The molecule has 0 fully saturated rings. The van der Waals surface area contributed by atoms with E-state index < -0.39 is 11.6 Å². The van der Waals surface area contributed by atoms with Crippen LogP contribution in [0.4, 0.5) is 0 Å². The van der Waals surface area contributed by atoms with Gasteiger partial charge in [0.1, 0.15) is 10.6 Å². The second-order valence-electron chi connectivity index (χ2n) is 4.00. The Morgan fingerprint density at radius 3 is 2.75 bits per heavy atom. The highest BCUT2D eigenvalue weighted by Crippen LogP contribution is 2.29. The van der Waals surface area contributed by atoms with E-state index in [0.717, 1.165) is 6.42 Å². The Balaban J connectivity index is 3.07. The highest BCUT2D eigenvalue weighted by molar-refractivity contribution is 6.34. The SMILES string of the molecule is CCC(C)(C)Oc1nccc(C(=O)O)c1Cl. The summed E-state index contributed by atoms with van der Waals surface area (Å²) >= 11 is 5.90. The predicted octanol–water partition coefficient (Wildman–Crippen LogP) is 3.00. The zero-order chi connectivity index (χ0) is 12.3. The Bertz CT molecular complexity index is 404. The van der Waals surface area contributed by atoms with E-state index in [4.69, 9.17) is 21.4 Å². The smallest absolute Gasteiger partial charge is 0.337 e. The summed E-state index contributed by atoms with van der Waals surface area (Å²) in [5.74, 6) is -0.931. The van der Waals surface area contributed by atoms with Crippen molar-refractivity contribution < 1.29 is 14.6 Å². The van der Waals surface area contributed by atoms with Gasteiger partial charge in [0.2, 0.25) is 5.88 Å². The molecule has 1 aromatic heterocycles. The van der Waals surface area contributed by atoms with E-state index in [-0.39, 0.29) is 16.5 Å². The molecule has 88 valence electrons. The number of carboxylic acid groups (broad SMARTS) is 1. The molecule has 1 aromatic rings. The summed E-state index contributed by atoms with van der Waals surface area (Å²) in [5, 5.41) is 8.92. The molecule has 0 bridgehead atoms. The predicted molar refractivity (Wildman–Crippen MR) is 61.2 cm³/mol. The van der Waals surface area contributed by atoms with Crippen molar-refractivity contribution in [3.05, 3.63) is 22.8 Å². The summed E-state index contributed by atoms with van der Waals surface area (Å²) in [6.45, 7) is 5.74. The van der Waals surface area contributed by atoms with E-state index in [0.29, 0.717) is 0 Å². The third-order valence-corrected chi connectivity index (χ3v) is 2.68. The molecule has 1 heterocycles. The van der Waals surface area contributed by atoms with Crippen LogP contribution in [0.1, 0.15) is 37.6 Å². The number of carboxylic acids is 1. The number of carbonyl (C=O) groups is 1. The molecule has 0 aliphatic carbocycles. The minimum atomic E-state index is -1.09. The number of nitrogens with zero attached hydrogens (tertiary/aromatic N) is 1. The van der Waals surface area contributed by atoms with Gasteiger partial charge in [-0.15, -0.1) is 0 Å². The van der Waals surface area contributed by atoms with Crippen LogP contribution < -0.4 is 4.74 Å². The first-order valence-corrected chi connectivity index (χ1v) is 5.32. The number of aromatic nitrogens is 1. The topological polar surface area (TPSA) is 59.4 Å². The average molecular weight is 244 g/mol. The van der Waals surface area contributed by atoms with Crippen molar-refractivity contribution in [3.63, 3.8) is 0 Å². The second-order valence-corrected chi connectivity index (χ2v) is 4.38. The van der Waals surface area contributed by atoms with Crippen LogP contribution in [-0.2, 0) is 0 Å². The van der Waals surface area contributed by atoms with Crippen molar-refractivity contribution >= 4 is 17.6 Å². The second kappa shape index (κ2) is 4.70. The van der Waals surface area contributed by atoms with Crippen LogP contribution >= 0.6 is 11.6 Å². The highest BCUT2D eigenvalue weighted by atomic mass is 35.5. The first-order chi connectivity index (χ1) is 7.37. The van der Waals surface area contributed by atoms with Crippen LogP contribution in [0.5, 0.6) is 5.88 Å². The monoisotopic (exact) mass is 243 g/mol. The van der Waals surface area contributed by atoms with Gasteiger partial charge in [0.05, 0.1) is 5.56 Å². The van der Waals surface area contributed by atoms with Gasteiger partial charge in [0.25, 0.3) is 0 Å². The van der Waals surface area contributed by atoms with E-state index in [9.17, 15) is 4.79 Å². The number of rotatable bonds is 4. The minimum absolute atomic E-state index is 0.00132. The first kappa shape index (κ1) is 12.8. The molecule has 0 saturated heterocycles. The number of hydrogen-bond donors (Lipinski definition) is 1. The molecule has 16 heavy (non-hydrogen) atoms. The summed E-state index contributed by atoms with van der Waals surface area (Å²) < 4.78 is 5.57. The Morgan fingerprint density at radius 2 is 2.25 bits per heavy atom. The number of halogens is 1. The molecule has 0 aliphatic heterocycles. The van der Waals surface area contributed by atoms with E-state index in [1.165, 1.54) is 12.3 Å². The Morgan fingerprint density at radius 1 is 1.62 bits per heavy atom. The van der Waals surface area contributed by atoms with E-state index in [2.05, 4.69) is 4.98 Å². The van der Waals surface area contributed by atoms with Crippen LogP contribution in [0.15, 0.2) is 12.3 Å². The minimum Gasteiger partial charge on any atom is -0.478 e. The normalized spacial score (nSPS) is 11.2. The van der Waals surface area contributed by atoms with Crippen LogP contribution in [0.25, 0.3) is 0 Å². The summed E-state index contributed by atoms with van der Waals surface area (Å²) in [4.78, 5) is 14.8. The molecule has 0 amide bonds.